The van der Waals surface area contributed by atoms with E-state index >= 15 is 0 Å². The van der Waals surface area contributed by atoms with Gasteiger partial charge in [0.2, 0.25) is 0 Å². The molecule has 0 aliphatic heterocycles. The molecule has 0 saturated carbocycles. The highest BCUT2D eigenvalue weighted by molar-refractivity contribution is 8.04. The first-order valence-electron chi connectivity index (χ1n) is 9.88. The van der Waals surface area contributed by atoms with Gasteiger partial charge in [-0.05, 0) is 53.2 Å². The third-order valence-corrected chi connectivity index (χ3v) is 5.65. The maximum atomic E-state index is 12.1. The number of nitrogens with zero attached hydrogens (tertiary/aromatic N) is 1. The second kappa shape index (κ2) is 9.05. The van der Waals surface area contributed by atoms with Gasteiger partial charge in [-0.3, -0.25) is 0 Å². The molecule has 1 heterocycles. The van der Waals surface area contributed by atoms with Crippen LogP contribution in [0.3, 0.4) is 0 Å². The quantitative estimate of drug-likeness (QED) is 0.205. The summed E-state index contributed by atoms with van der Waals surface area (Å²) in [7, 11) is 0. The minimum absolute atomic E-state index is 0.172. The molecule has 0 unspecified atom stereocenters. The smallest absolute Gasteiger partial charge is 0.342 e. The Balaban J connectivity index is 1.76. The fourth-order valence-corrected chi connectivity index (χ4v) is 4.00. The Morgan fingerprint density at radius 1 is 1.13 bits per heavy atom. The van der Waals surface area contributed by atoms with E-state index in [2.05, 4.69) is 16.9 Å². The van der Waals surface area contributed by atoms with Gasteiger partial charge in [0.05, 0.1) is 17.6 Å². The molecular weight excluding hydrogens is 396 g/mol. The summed E-state index contributed by atoms with van der Waals surface area (Å²) in [5, 5.41) is 12.4. The number of hydrogen-bond donors (Lipinski definition) is 2. The van der Waals surface area contributed by atoms with Gasteiger partial charge in [0, 0.05) is 5.56 Å². The number of carboxylic acids is 1. The SMILES string of the molecule is CCCCOc1ccc2ccccc2c1/C=C(\Sc1nc2ccccc2[nH]1)C(=O)O. The van der Waals surface area contributed by atoms with Crippen molar-refractivity contribution in [2.75, 3.05) is 6.61 Å². The molecule has 0 bridgehead atoms. The maximum absolute atomic E-state index is 12.1. The standard InChI is InChI=1S/C24H22N2O3S/c1-2-3-14-29-21-13-12-16-8-4-5-9-17(16)18(21)15-22(23(27)28)30-24-25-19-10-6-7-11-20(19)26-24/h4-13,15H,2-3,14H2,1H3,(H,25,26)(H,27,28)/b22-15-. The number of imidazole rings is 1. The molecule has 0 amide bonds. The van der Waals surface area contributed by atoms with Crippen molar-refractivity contribution in [1.29, 1.82) is 0 Å². The van der Waals surface area contributed by atoms with E-state index in [4.69, 9.17) is 4.74 Å². The van der Waals surface area contributed by atoms with Gasteiger partial charge in [0.1, 0.15) is 10.7 Å². The maximum Gasteiger partial charge on any atom is 0.342 e. The summed E-state index contributed by atoms with van der Waals surface area (Å²) in [4.78, 5) is 19.9. The Morgan fingerprint density at radius 2 is 1.93 bits per heavy atom. The molecule has 4 rings (SSSR count). The highest BCUT2D eigenvalue weighted by Gasteiger charge is 2.16. The lowest BCUT2D eigenvalue weighted by Crippen LogP contribution is -2.01. The molecule has 0 aliphatic carbocycles. The van der Waals surface area contributed by atoms with Crippen molar-refractivity contribution >= 4 is 45.6 Å². The number of aromatic amines is 1. The van der Waals surface area contributed by atoms with Crippen LogP contribution in [0, 0.1) is 0 Å². The van der Waals surface area contributed by atoms with Gasteiger partial charge in [-0.15, -0.1) is 0 Å². The molecule has 4 aromatic rings. The summed E-state index contributed by atoms with van der Waals surface area (Å²) in [5.74, 6) is -0.320. The summed E-state index contributed by atoms with van der Waals surface area (Å²) >= 11 is 1.10. The number of thioether (sulfide) groups is 1. The van der Waals surface area contributed by atoms with Crippen molar-refractivity contribution in [3.63, 3.8) is 0 Å². The highest BCUT2D eigenvalue weighted by atomic mass is 32.2. The van der Waals surface area contributed by atoms with Crippen LogP contribution in [0.2, 0.25) is 0 Å². The number of fused-ring (bicyclic) bond motifs is 2. The summed E-state index contributed by atoms with van der Waals surface area (Å²) in [6, 6.07) is 19.5. The van der Waals surface area contributed by atoms with Crippen LogP contribution in [-0.2, 0) is 4.79 Å². The van der Waals surface area contributed by atoms with Gasteiger partial charge >= 0.3 is 5.97 Å². The number of benzene rings is 3. The molecule has 0 saturated heterocycles. The number of ether oxygens (including phenoxy) is 1. The zero-order valence-electron chi connectivity index (χ0n) is 16.6. The first kappa shape index (κ1) is 20.0. The van der Waals surface area contributed by atoms with Gasteiger partial charge in [0.15, 0.2) is 5.16 Å². The van der Waals surface area contributed by atoms with E-state index in [1.54, 1.807) is 6.08 Å². The van der Waals surface area contributed by atoms with Gasteiger partial charge in [0.25, 0.3) is 0 Å². The van der Waals surface area contributed by atoms with Crippen LogP contribution < -0.4 is 4.74 Å². The minimum Gasteiger partial charge on any atom is -0.493 e. The predicted octanol–water partition coefficient (Wildman–Crippen LogP) is 6.11. The fraction of sp³-hybridized carbons (Fsp3) is 0.167. The second-order valence-electron chi connectivity index (χ2n) is 6.88. The monoisotopic (exact) mass is 418 g/mol. The molecule has 6 heteroatoms. The van der Waals surface area contributed by atoms with E-state index in [9.17, 15) is 9.90 Å². The fourth-order valence-electron chi connectivity index (χ4n) is 3.22. The number of para-hydroxylation sites is 2. The van der Waals surface area contributed by atoms with Crippen molar-refractivity contribution in [3.05, 3.63) is 71.1 Å². The lowest BCUT2D eigenvalue weighted by molar-refractivity contribution is -0.131. The third kappa shape index (κ3) is 4.33. The van der Waals surface area contributed by atoms with Crippen LogP contribution in [0.5, 0.6) is 5.75 Å². The van der Waals surface area contributed by atoms with Crippen LogP contribution in [0.1, 0.15) is 25.3 Å². The number of carbonyl (C=O) groups is 1. The number of carboxylic acid groups (broad SMARTS) is 1. The second-order valence-corrected chi connectivity index (χ2v) is 7.91. The Bertz CT molecular complexity index is 1200. The van der Waals surface area contributed by atoms with E-state index in [1.165, 1.54) is 0 Å². The minimum atomic E-state index is -1.01. The number of aromatic nitrogens is 2. The lowest BCUT2D eigenvalue weighted by Gasteiger charge is -2.12. The molecule has 152 valence electrons. The summed E-state index contributed by atoms with van der Waals surface area (Å²) in [6.45, 7) is 2.70. The van der Waals surface area contributed by atoms with Crippen LogP contribution in [0.15, 0.2) is 70.7 Å². The molecule has 30 heavy (non-hydrogen) atoms. The van der Waals surface area contributed by atoms with Crippen molar-refractivity contribution in [2.45, 2.75) is 24.9 Å². The normalized spacial score (nSPS) is 11.8. The van der Waals surface area contributed by atoms with Crippen molar-refractivity contribution in [3.8, 4) is 5.75 Å². The average Bonchev–Trinajstić information content (AvgIpc) is 3.17. The third-order valence-electron chi connectivity index (χ3n) is 4.75. The number of hydrogen-bond acceptors (Lipinski definition) is 4. The summed E-state index contributed by atoms with van der Waals surface area (Å²) in [6.07, 6.45) is 3.65. The van der Waals surface area contributed by atoms with E-state index in [0.29, 0.717) is 17.5 Å². The number of unbranched alkanes of at least 4 members (excludes halogenated alkanes) is 1. The molecule has 1 aromatic heterocycles. The largest absolute Gasteiger partial charge is 0.493 e. The van der Waals surface area contributed by atoms with E-state index in [-0.39, 0.29) is 4.91 Å². The molecule has 0 radical (unpaired) electrons. The lowest BCUT2D eigenvalue weighted by atomic mass is 10.0. The van der Waals surface area contributed by atoms with Crippen LogP contribution in [-0.4, -0.2) is 27.7 Å². The van der Waals surface area contributed by atoms with Crippen LogP contribution in [0.4, 0.5) is 0 Å². The number of rotatable bonds is 8. The van der Waals surface area contributed by atoms with E-state index in [0.717, 1.165) is 52.0 Å². The number of nitrogens with one attached hydrogen (secondary N) is 1. The Hall–Kier alpha value is -3.25. The highest BCUT2D eigenvalue weighted by Crippen LogP contribution is 2.34. The number of H-pyrrole nitrogens is 1. The Labute approximate surface area is 178 Å². The Morgan fingerprint density at radius 3 is 2.73 bits per heavy atom. The van der Waals surface area contributed by atoms with Gasteiger partial charge < -0.3 is 14.8 Å². The van der Waals surface area contributed by atoms with E-state index in [1.807, 2.05) is 60.7 Å². The molecule has 2 N–H and O–H groups in total. The van der Waals surface area contributed by atoms with Crippen LogP contribution in [0.25, 0.3) is 27.9 Å². The van der Waals surface area contributed by atoms with Gasteiger partial charge in [-0.1, -0.05) is 55.8 Å². The molecule has 0 atom stereocenters. The van der Waals surface area contributed by atoms with Gasteiger partial charge in [-0.2, -0.15) is 0 Å². The zero-order valence-corrected chi connectivity index (χ0v) is 17.4. The summed E-state index contributed by atoms with van der Waals surface area (Å²) < 4.78 is 5.99. The van der Waals surface area contributed by atoms with E-state index < -0.39 is 5.97 Å². The first-order valence-corrected chi connectivity index (χ1v) is 10.7. The van der Waals surface area contributed by atoms with Crippen LogP contribution >= 0.6 is 11.8 Å². The van der Waals surface area contributed by atoms with Gasteiger partial charge in [-0.25, -0.2) is 9.78 Å². The van der Waals surface area contributed by atoms with Crippen molar-refractivity contribution < 1.29 is 14.6 Å². The molecule has 0 spiro atoms. The average molecular weight is 419 g/mol. The van der Waals surface area contributed by atoms with Crippen molar-refractivity contribution in [2.24, 2.45) is 0 Å². The number of aliphatic carboxylic acids is 1. The zero-order chi connectivity index (χ0) is 20.9. The molecule has 3 aromatic carbocycles. The molecule has 5 nitrogen and oxygen atoms in total. The Kier molecular flexibility index (Phi) is 6.05. The molecule has 0 aliphatic rings. The molecule has 0 fully saturated rings. The van der Waals surface area contributed by atoms with Crippen molar-refractivity contribution in [1.82, 2.24) is 9.97 Å². The predicted molar refractivity (Wildman–Crippen MR) is 122 cm³/mol. The first-order chi connectivity index (χ1) is 14.7. The summed E-state index contributed by atoms with van der Waals surface area (Å²) in [5.41, 5.74) is 2.45. The molecular formula is C24H22N2O3S. The topological polar surface area (TPSA) is 75.2 Å².